The number of amides is 1. The Morgan fingerprint density at radius 3 is 2.83 bits per heavy atom. The predicted molar refractivity (Wildman–Crippen MR) is 69.5 cm³/mol. The first-order chi connectivity index (χ1) is 8.60. The molecule has 1 aliphatic rings. The summed E-state index contributed by atoms with van der Waals surface area (Å²) in [6.07, 6.45) is 2.47. The van der Waals surface area contributed by atoms with Crippen molar-refractivity contribution in [1.82, 2.24) is 10.5 Å². The van der Waals surface area contributed by atoms with E-state index in [1.807, 2.05) is 0 Å². The van der Waals surface area contributed by atoms with Crippen molar-refractivity contribution in [1.29, 1.82) is 0 Å². The van der Waals surface area contributed by atoms with Gasteiger partial charge in [-0.15, -0.1) is 0 Å². The highest BCUT2D eigenvalue weighted by molar-refractivity contribution is 6.27. The molecule has 1 unspecified atom stereocenters. The molecule has 1 amide bonds. The lowest BCUT2D eigenvalue weighted by molar-refractivity contribution is -0.121. The number of rotatable bonds is 7. The second kappa shape index (κ2) is 7.73. The second-order valence-corrected chi connectivity index (χ2v) is 4.84. The van der Waals surface area contributed by atoms with Gasteiger partial charge in [0.05, 0.1) is 12.1 Å². The van der Waals surface area contributed by atoms with Gasteiger partial charge in [-0.25, -0.2) is 0 Å². The molecule has 0 aromatic carbocycles. The molecule has 1 radical (unpaired) electrons. The molecule has 1 saturated carbocycles. The normalized spacial score (nSPS) is 26.7. The van der Waals surface area contributed by atoms with Gasteiger partial charge in [0, 0.05) is 19.6 Å². The van der Waals surface area contributed by atoms with Crippen molar-refractivity contribution in [2.45, 2.75) is 50.8 Å². The van der Waals surface area contributed by atoms with Gasteiger partial charge in [-0.05, 0) is 25.2 Å². The van der Waals surface area contributed by atoms with E-state index in [1.54, 1.807) is 0 Å². The van der Waals surface area contributed by atoms with Crippen LogP contribution < -0.4 is 16.2 Å². The van der Waals surface area contributed by atoms with Gasteiger partial charge < -0.3 is 26.4 Å². The molecule has 0 spiro atoms. The monoisotopic (exact) mass is 256 g/mol. The molecule has 0 saturated heterocycles. The lowest BCUT2D eigenvalue weighted by atomic mass is 9.87. The number of carbonyl (C=O) groups excluding carboxylic acids is 1. The van der Waals surface area contributed by atoms with Crippen molar-refractivity contribution in [3.63, 3.8) is 0 Å². The van der Waals surface area contributed by atoms with E-state index in [0.29, 0.717) is 0 Å². The molecular formula is C11H23BN3O3. The fourth-order valence-electron chi connectivity index (χ4n) is 2.78. The van der Waals surface area contributed by atoms with E-state index in [9.17, 15) is 9.90 Å². The van der Waals surface area contributed by atoms with Crippen LogP contribution in [0.25, 0.3) is 0 Å². The quantitative estimate of drug-likeness (QED) is 0.356. The van der Waals surface area contributed by atoms with Crippen LogP contribution in [0, 0.1) is 5.92 Å². The zero-order chi connectivity index (χ0) is 13.5. The lowest BCUT2D eigenvalue weighted by Gasteiger charge is -2.33. The van der Waals surface area contributed by atoms with Crippen LogP contribution in [0.4, 0.5) is 0 Å². The Hall–Kier alpha value is -0.625. The first kappa shape index (κ1) is 15.4. The van der Waals surface area contributed by atoms with Crippen molar-refractivity contribution < 1.29 is 15.0 Å². The van der Waals surface area contributed by atoms with Crippen LogP contribution in [0.1, 0.15) is 32.6 Å². The van der Waals surface area contributed by atoms with Gasteiger partial charge >= 0.3 is 7.55 Å². The maximum atomic E-state index is 11.2. The number of hydrogen-bond donors (Lipinski definition) is 5. The molecule has 18 heavy (non-hydrogen) atoms. The first-order valence-corrected chi connectivity index (χ1v) is 6.45. The van der Waals surface area contributed by atoms with Gasteiger partial charge in [0.25, 0.3) is 0 Å². The molecule has 0 aromatic heterocycles. The third-order valence-corrected chi connectivity index (χ3v) is 3.55. The summed E-state index contributed by atoms with van der Waals surface area (Å²) in [6, 6.07) is -0.171. The summed E-state index contributed by atoms with van der Waals surface area (Å²) >= 11 is 0. The van der Waals surface area contributed by atoms with Crippen LogP contribution in [0.15, 0.2) is 0 Å². The Morgan fingerprint density at radius 1 is 1.56 bits per heavy atom. The summed E-state index contributed by atoms with van der Waals surface area (Å²) in [4.78, 5) is 11.2. The SMILES string of the molecule is CC(=O)N[C@@H](C1CCC[C@H]1N[B]N)[C@@H](O)CCO. The molecule has 0 heterocycles. The van der Waals surface area contributed by atoms with Crippen molar-refractivity contribution in [3.8, 4) is 0 Å². The first-order valence-electron chi connectivity index (χ1n) is 6.45. The van der Waals surface area contributed by atoms with Crippen LogP contribution in [-0.2, 0) is 4.79 Å². The van der Waals surface area contributed by atoms with Gasteiger partial charge in [0.2, 0.25) is 5.91 Å². The average molecular weight is 256 g/mol. The van der Waals surface area contributed by atoms with E-state index in [4.69, 9.17) is 10.8 Å². The number of carbonyl (C=O) groups is 1. The average Bonchev–Trinajstić information content (AvgIpc) is 2.74. The lowest BCUT2D eigenvalue weighted by Crippen LogP contribution is -2.53. The Morgan fingerprint density at radius 2 is 2.28 bits per heavy atom. The Labute approximate surface area is 109 Å². The van der Waals surface area contributed by atoms with Crippen LogP contribution >= 0.6 is 0 Å². The van der Waals surface area contributed by atoms with Crippen LogP contribution in [0.3, 0.4) is 0 Å². The van der Waals surface area contributed by atoms with Crippen molar-refractivity contribution in [2.24, 2.45) is 11.6 Å². The largest absolute Gasteiger partial charge is 0.396 e. The molecule has 1 fully saturated rings. The van der Waals surface area contributed by atoms with Crippen molar-refractivity contribution in [3.05, 3.63) is 0 Å². The highest BCUT2D eigenvalue weighted by Gasteiger charge is 2.37. The Balaban J connectivity index is 2.70. The molecule has 0 aromatic rings. The molecule has 6 N–H and O–H groups in total. The van der Waals surface area contributed by atoms with E-state index in [1.165, 1.54) is 14.5 Å². The number of hydrogen-bond acceptors (Lipinski definition) is 5. The summed E-state index contributed by atoms with van der Waals surface area (Å²) < 4.78 is 0. The summed E-state index contributed by atoms with van der Waals surface area (Å²) in [6.45, 7) is 1.34. The molecule has 0 bridgehead atoms. The topological polar surface area (TPSA) is 108 Å². The molecule has 7 heteroatoms. The summed E-state index contributed by atoms with van der Waals surface area (Å²) in [5.41, 5.74) is 5.38. The van der Waals surface area contributed by atoms with Gasteiger partial charge in [-0.3, -0.25) is 4.79 Å². The van der Waals surface area contributed by atoms with Gasteiger partial charge in [0.15, 0.2) is 0 Å². The summed E-state index contributed by atoms with van der Waals surface area (Å²) in [7, 11) is 1.41. The zero-order valence-corrected chi connectivity index (χ0v) is 10.8. The molecule has 0 aliphatic heterocycles. The van der Waals surface area contributed by atoms with E-state index in [-0.39, 0.29) is 36.9 Å². The summed E-state index contributed by atoms with van der Waals surface area (Å²) in [5.74, 6) is -0.0328. The van der Waals surface area contributed by atoms with Gasteiger partial charge in [0.1, 0.15) is 0 Å². The predicted octanol–water partition coefficient (Wildman–Crippen LogP) is -1.51. The highest BCUT2D eigenvalue weighted by Crippen LogP contribution is 2.30. The molecule has 4 atom stereocenters. The van der Waals surface area contributed by atoms with Crippen molar-refractivity contribution >= 4 is 13.5 Å². The smallest absolute Gasteiger partial charge is 0.304 e. The second-order valence-electron chi connectivity index (χ2n) is 4.84. The third-order valence-electron chi connectivity index (χ3n) is 3.55. The van der Waals surface area contributed by atoms with Crippen molar-refractivity contribution in [2.75, 3.05) is 6.61 Å². The van der Waals surface area contributed by atoms with Gasteiger partial charge in [-0.2, -0.15) is 0 Å². The number of nitrogens with two attached hydrogens (primary N) is 1. The highest BCUT2D eigenvalue weighted by atomic mass is 16.3. The molecule has 103 valence electrons. The molecule has 1 aliphatic carbocycles. The third kappa shape index (κ3) is 4.24. The number of aliphatic hydroxyl groups is 2. The zero-order valence-electron chi connectivity index (χ0n) is 10.8. The van der Waals surface area contributed by atoms with Crippen LogP contribution in [0.2, 0.25) is 0 Å². The Bertz CT molecular complexity index is 268. The minimum absolute atomic E-state index is 0.0922. The van der Waals surface area contributed by atoms with Gasteiger partial charge in [-0.1, -0.05) is 6.42 Å². The van der Waals surface area contributed by atoms with E-state index in [2.05, 4.69) is 10.5 Å². The van der Waals surface area contributed by atoms with E-state index in [0.717, 1.165) is 19.3 Å². The fraction of sp³-hybridized carbons (Fsp3) is 0.909. The minimum Gasteiger partial charge on any atom is -0.396 e. The standard InChI is InChI=1S/C11H23BN3O3/c1-7(17)14-11(10(18)5-6-16)8-3-2-4-9(8)15-12-13/h8-11,15-16,18H,2-6,13H2,1H3,(H,14,17)/t8?,9-,10+,11+/m1/s1. The maximum absolute atomic E-state index is 11.2. The molecular weight excluding hydrogens is 233 g/mol. The molecule has 6 nitrogen and oxygen atoms in total. The molecule has 1 rings (SSSR count). The van der Waals surface area contributed by atoms with Crippen LogP contribution in [0.5, 0.6) is 0 Å². The fourth-order valence-corrected chi connectivity index (χ4v) is 2.78. The summed E-state index contributed by atoms with van der Waals surface area (Å²) in [5, 5.41) is 24.9. The number of aliphatic hydroxyl groups excluding tert-OH is 2. The number of nitrogens with one attached hydrogen (secondary N) is 2. The minimum atomic E-state index is -0.732. The Kier molecular flexibility index (Phi) is 6.63. The van der Waals surface area contributed by atoms with Crippen LogP contribution in [-0.4, -0.2) is 48.5 Å². The van der Waals surface area contributed by atoms with E-state index < -0.39 is 6.10 Å². The maximum Gasteiger partial charge on any atom is 0.304 e. The van der Waals surface area contributed by atoms with E-state index >= 15 is 0 Å².